The molecular weight excluding hydrogens is 328 g/mol. The van der Waals surface area contributed by atoms with Crippen LogP contribution in [0, 0.1) is 0 Å². The number of rotatable bonds is 8. The molecule has 2 rings (SSSR count). The average Bonchev–Trinajstić information content (AvgIpc) is 2.59. The first-order valence-corrected chi connectivity index (χ1v) is 7.94. The van der Waals surface area contributed by atoms with Gasteiger partial charge in [0, 0.05) is 5.02 Å². The summed E-state index contributed by atoms with van der Waals surface area (Å²) < 4.78 is 10.2. The van der Waals surface area contributed by atoms with Crippen molar-refractivity contribution < 1.29 is 14.3 Å². The Morgan fingerprint density at radius 1 is 1.25 bits per heavy atom. The third kappa shape index (κ3) is 5.93. The maximum absolute atomic E-state index is 11.3. The van der Waals surface area contributed by atoms with E-state index >= 15 is 0 Å². The van der Waals surface area contributed by atoms with E-state index in [0.29, 0.717) is 23.9 Å². The van der Waals surface area contributed by atoms with E-state index in [0.717, 1.165) is 11.1 Å². The number of nitrogens with zero attached hydrogens (tertiary/aromatic N) is 1. The van der Waals surface area contributed by atoms with E-state index in [4.69, 9.17) is 21.1 Å². The van der Waals surface area contributed by atoms with E-state index < -0.39 is 5.97 Å². The molecule has 0 heterocycles. The molecule has 0 bridgehead atoms. The number of hydrogen-bond acceptors (Lipinski definition) is 5. The van der Waals surface area contributed by atoms with Gasteiger partial charge in [-0.05, 0) is 36.2 Å². The molecule has 6 heteroatoms. The summed E-state index contributed by atoms with van der Waals surface area (Å²) in [5.41, 5.74) is 4.77. The molecule has 2 aromatic rings. The summed E-state index contributed by atoms with van der Waals surface area (Å²) in [6, 6.07) is 14.9. The zero-order chi connectivity index (χ0) is 17.2. The second-order valence-corrected chi connectivity index (χ2v) is 5.26. The second-order valence-electron chi connectivity index (χ2n) is 4.85. The van der Waals surface area contributed by atoms with Crippen molar-refractivity contribution in [2.75, 3.05) is 13.2 Å². The van der Waals surface area contributed by atoms with Crippen LogP contribution in [0.1, 0.15) is 18.1 Å². The lowest BCUT2D eigenvalue weighted by atomic mass is 10.2. The first-order chi connectivity index (χ1) is 11.7. The fraction of sp³-hybridized carbons (Fsp3) is 0.222. The SMILES string of the molecule is CCOC(=O)COc1cccc(/C=N/NCc2ccccc2Cl)c1. The molecule has 0 spiro atoms. The fourth-order valence-electron chi connectivity index (χ4n) is 1.92. The standard InChI is InChI=1S/C18H19ClN2O3/c1-2-23-18(22)13-24-16-8-5-6-14(10-16)11-20-21-12-15-7-3-4-9-17(15)19/h3-11,21H,2,12-13H2,1H3/b20-11+. The molecule has 0 aliphatic carbocycles. The van der Waals surface area contributed by atoms with Crippen LogP contribution in [0.25, 0.3) is 0 Å². The molecule has 0 aliphatic rings. The van der Waals surface area contributed by atoms with Gasteiger partial charge in [-0.1, -0.05) is 41.9 Å². The smallest absolute Gasteiger partial charge is 0.344 e. The van der Waals surface area contributed by atoms with E-state index in [2.05, 4.69) is 10.5 Å². The molecule has 2 aromatic carbocycles. The number of benzene rings is 2. The average molecular weight is 347 g/mol. The second kappa shape index (κ2) is 9.57. The van der Waals surface area contributed by atoms with Crippen molar-refractivity contribution in [3.8, 4) is 5.75 Å². The molecule has 0 atom stereocenters. The van der Waals surface area contributed by atoms with Crippen molar-refractivity contribution in [3.63, 3.8) is 0 Å². The van der Waals surface area contributed by atoms with Gasteiger partial charge in [-0.3, -0.25) is 0 Å². The molecule has 126 valence electrons. The van der Waals surface area contributed by atoms with Crippen LogP contribution in [0.3, 0.4) is 0 Å². The molecule has 1 N–H and O–H groups in total. The van der Waals surface area contributed by atoms with Gasteiger partial charge in [0.1, 0.15) is 5.75 Å². The summed E-state index contributed by atoms with van der Waals surface area (Å²) in [4.78, 5) is 11.3. The highest BCUT2D eigenvalue weighted by atomic mass is 35.5. The van der Waals surface area contributed by atoms with Crippen LogP contribution in [-0.4, -0.2) is 25.4 Å². The number of hydrazone groups is 1. The summed E-state index contributed by atoms with van der Waals surface area (Å²) in [6.07, 6.45) is 1.67. The Labute approximate surface area is 146 Å². The highest BCUT2D eigenvalue weighted by Crippen LogP contribution is 2.14. The number of ether oxygens (including phenoxy) is 2. The van der Waals surface area contributed by atoms with Crippen LogP contribution in [0.5, 0.6) is 5.75 Å². The van der Waals surface area contributed by atoms with Crippen LogP contribution in [0.2, 0.25) is 5.02 Å². The Kier molecular flexibility index (Phi) is 7.11. The van der Waals surface area contributed by atoms with Crippen LogP contribution in [-0.2, 0) is 16.1 Å². The number of hydrogen-bond donors (Lipinski definition) is 1. The van der Waals surface area contributed by atoms with Crippen molar-refractivity contribution in [2.45, 2.75) is 13.5 Å². The largest absolute Gasteiger partial charge is 0.482 e. The van der Waals surface area contributed by atoms with Gasteiger partial charge in [-0.2, -0.15) is 5.10 Å². The molecule has 0 saturated carbocycles. The molecule has 0 amide bonds. The summed E-state index contributed by atoms with van der Waals surface area (Å²) in [6.45, 7) is 2.52. The molecule has 5 nitrogen and oxygen atoms in total. The van der Waals surface area contributed by atoms with E-state index in [9.17, 15) is 4.79 Å². The molecule has 0 saturated heterocycles. The van der Waals surface area contributed by atoms with E-state index in [1.54, 1.807) is 25.3 Å². The first kappa shape index (κ1) is 17.8. The molecule has 0 fully saturated rings. The zero-order valence-corrected chi connectivity index (χ0v) is 14.1. The summed E-state index contributed by atoms with van der Waals surface area (Å²) in [5, 5.41) is 4.87. The maximum Gasteiger partial charge on any atom is 0.344 e. The number of carbonyl (C=O) groups is 1. The van der Waals surface area contributed by atoms with Crippen LogP contribution < -0.4 is 10.2 Å². The zero-order valence-electron chi connectivity index (χ0n) is 13.4. The van der Waals surface area contributed by atoms with E-state index in [1.165, 1.54) is 0 Å². The summed E-state index contributed by atoms with van der Waals surface area (Å²) in [7, 11) is 0. The van der Waals surface area contributed by atoms with Gasteiger partial charge >= 0.3 is 5.97 Å². The Morgan fingerprint density at radius 2 is 2.08 bits per heavy atom. The number of esters is 1. The van der Waals surface area contributed by atoms with E-state index in [-0.39, 0.29) is 6.61 Å². The van der Waals surface area contributed by atoms with Gasteiger partial charge in [0.15, 0.2) is 6.61 Å². The van der Waals surface area contributed by atoms with Crippen molar-refractivity contribution >= 4 is 23.8 Å². The number of nitrogens with one attached hydrogen (secondary N) is 1. The first-order valence-electron chi connectivity index (χ1n) is 7.57. The third-order valence-corrected chi connectivity index (χ3v) is 3.42. The Hall–Kier alpha value is -2.53. The lowest BCUT2D eigenvalue weighted by Crippen LogP contribution is -2.14. The molecule has 0 unspecified atom stereocenters. The quantitative estimate of drug-likeness (QED) is 0.452. The van der Waals surface area contributed by atoms with Gasteiger partial charge in [-0.15, -0.1) is 0 Å². The molecule has 0 aromatic heterocycles. The topological polar surface area (TPSA) is 59.9 Å². The Balaban J connectivity index is 1.85. The van der Waals surface area contributed by atoms with Crippen molar-refractivity contribution in [1.82, 2.24) is 5.43 Å². The molecule has 24 heavy (non-hydrogen) atoms. The van der Waals surface area contributed by atoms with Gasteiger partial charge in [-0.25, -0.2) is 4.79 Å². The predicted octanol–water partition coefficient (Wildman–Crippen LogP) is 3.41. The molecule has 0 radical (unpaired) electrons. The predicted molar refractivity (Wildman–Crippen MR) is 94.5 cm³/mol. The lowest BCUT2D eigenvalue weighted by molar-refractivity contribution is -0.145. The van der Waals surface area contributed by atoms with Gasteiger partial charge in [0.05, 0.1) is 19.4 Å². The van der Waals surface area contributed by atoms with Crippen molar-refractivity contribution in [1.29, 1.82) is 0 Å². The highest BCUT2D eigenvalue weighted by Gasteiger charge is 2.03. The minimum Gasteiger partial charge on any atom is -0.482 e. The Morgan fingerprint density at radius 3 is 2.88 bits per heavy atom. The van der Waals surface area contributed by atoms with Gasteiger partial charge in [0.2, 0.25) is 0 Å². The summed E-state index contributed by atoms with van der Waals surface area (Å²) in [5.74, 6) is 0.191. The number of carbonyl (C=O) groups excluding carboxylic acids is 1. The van der Waals surface area contributed by atoms with Crippen LogP contribution >= 0.6 is 11.6 Å². The van der Waals surface area contributed by atoms with Crippen molar-refractivity contribution in [3.05, 3.63) is 64.7 Å². The van der Waals surface area contributed by atoms with Crippen molar-refractivity contribution in [2.24, 2.45) is 5.10 Å². The summed E-state index contributed by atoms with van der Waals surface area (Å²) >= 11 is 6.08. The Bertz CT molecular complexity index is 704. The monoisotopic (exact) mass is 346 g/mol. The lowest BCUT2D eigenvalue weighted by Gasteiger charge is -2.06. The maximum atomic E-state index is 11.3. The van der Waals surface area contributed by atoms with Gasteiger partial charge in [0.25, 0.3) is 0 Å². The minimum atomic E-state index is -0.391. The minimum absolute atomic E-state index is 0.112. The molecular formula is C18H19ClN2O3. The van der Waals surface area contributed by atoms with Gasteiger partial charge < -0.3 is 14.9 Å². The van der Waals surface area contributed by atoms with Crippen LogP contribution in [0.4, 0.5) is 0 Å². The normalized spacial score (nSPS) is 10.6. The highest BCUT2D eigenvalue weighted by molar-refractivity contribution is 6.31. The molecule has 0 aliphatic heterocycles. The number of halogens is 1. The fourth-order valence-corrected chi connectivity index (χ4v) is 2.12. The van der Waals surface area contributed by atoms with E-state index in [1.807, 2.05) is 36.4 Å². The van der Waals surface area contributed by atoms with Crippen LogP contribution in [0.15, 0.2) is 53.6 Å². The third-order valence-electron chi connectivity index (χ3n) is 3.05.